The maximum Gasteiger partial charge on any atom is 0.331 e. The molecule has 0 aliphatic heterocycles. The van der Waals surface area contributed by atoms with E-state index in [4.69, 9.17) is 9.47 Å². The number of hydrogen-bond acceptors (Lipinski definition) is 9. The molecule has 0 bridgehead atoms. The quantitative estimate of drug-likeness (QED) is 0.157. The number of carbonyl (C=O) groups excluding carboxylic acids is 4. The van der Waals surface area contributed by atoms with Gasteiger partial charge in [-0.2, -0.15) is 0 Å². The van der Waals surface area contributed by atoms with Crippen molar-refractivity contribution in [1.29, 1.82) is 0 Å². The van der Waals surface area contributed by atoms with Crippen LogP contribution in [0.25, 0.3) is 0 Å². The van der Waals surface area contributed by atoms with E-state index in [0.29, 0.717) is 17.4 Å². The fraction of sp³-hybridized carbons (Fsp3) is 0.571. The molecule has 0 heterocycles. The SMILES string of the molecule is CC(=O)O[C@]12C([C@@H]3C=C(CO)C[C@]4(O)C(=O)C(C)=C[C@H]4[C@@]3(O)[C@H](C)[C@H]1OC(=O)/C=C/C=C/C=O)C2(C)C. The van der Waals surface area contributed by atoms with E-state index >= 15 is 0 Å². The lowest BCUT2D eigenvalue weighted by Crippen LogP contribution is -2.66. The van der Waals surface area contributed by atoms with E-state index < -0.39 is 76.3 Å². The second kappa shape index (κ2) is 8.85. The Bertz CT molecular complexity index is 1160. The van der Waals surface area contributed by atoms with Crippen molar-refractivity contribution in [2.75, 3.05) is 6.61 Å². The lowest BCUT2D eigenvalue weighted by atomic mass is 9.59. The van der Waals surface area contributed by atoms with Crippen molar-refractivity contribution in [2.24, 2.45) is 29.1 Å². The highest BCUT2D eigenvalue weighted by molar-refractivity contribution is 6.04. The minimum absolute atomic E-state index is 0.156. The summed E-state index contributed by atoms with van der Waals surface area (Å²) in [5.41, 5.74) is -5.13. The van der Waals surface area contributed by atoms with Crippen LogP contribution in [0.5, 0.6) is 0 Å². The Morgan fingerprint density at radius 2 is 1.84 bits per heavy atom. The molecule has 0 aromatic carbocycles. The fourth-order valence-corrected chi connectivity index (χ4v) is 7.47. The molecule has 0 spiro atoms. The highest BCUT2D eigenvalue weighted by atomic mass is 16.6. The van der Waals surface area contributed by atoms with Crippen LogP contribution in [-0.2, 0) is 28.7 Å². The first-order valence-corrected chi connectivity index (χ1v) is 12.4. The van der Waals surface area contributed by atoms with Crippen molar-refractivity contribution in [2.45, 2.75) is 63.9 Å². The molecule has 2 fully saturated rings. The van der Waals surface area contributed by atoms with Crippen LogP contribution in [0.15, 0.2) is 47.6 Å². The molecule has 4 rings (SSSR count). The number of ether oxygens (including phenoxy) is 2. The molecule has 0 amide bonds. The van der Waals surface area contributed by atoms with Crippen LogP contribution in [0, 0.1) is 29.1 Å². The van der Waals surface area contributed by atoms with Crippen molar-refractivity contribution in [3.05, 3.63) is 47.6 Å². The highest BCUT2D eigenvalue weighted by Gasteiger charge is 2.87. The Morgan fingerprint density at radius 3 is 2.43 bits per heavy atom. The Kier molecular flexibility index (Phi) is 6.50. The van der Waals surface area contributed by atoms with E-state index in [-0.39, 0.29) is 6.42 Å². The van der Waals surface area contributed by atoms with Crippen LogP contribution in [0.2, 0.25) is 0 Å². The molecule has 1 unspecified atom stereocenters. The predicted molar refractivity (Wildman–Crippen MR) is 131 cm³/mol. The second-order valence-corrected chi connectivity index (χ2v) is 11.3. The number of allylic oxidation sites excluding steroid dienone is 3. The summed E-state index contributed by atoms with van der Waals surface area (Å²) >= 11 is 0. The van der Waals surface area contributed by atoms with E-state index in [0.717, 1.165) is 6.08 Å². The molecule has 200 valence electrons. The summed E-state index contributed by atoms with van der Waals surface area (Å²) in [6.45, 7) is 7.77. The van der Waals surface area contributed by atoms with Crippen LogP contribution >= 0.6 is 0 Å². The first-order valence-electron chi connectivity index (χ1n) is 12.4. The lowest BCUT2D eigenvalue weighted by Gasteiger charge is -2.53. The zero-order valence-corrected chi connectivity index (χ0v) is 21.6. The van der Waals surface area contributed by atoms with Crippen molar-refractivity contribution in [3.8, 4) is 0 Å². The van der Waals surface area contributed by atoms with E-state index in [1.807, 2.05) is 13.8 Å². The normalized spacial score (nSPS) is 41.7. The Labute approximate surface area is 215 Å². The van der Waals surface area contributed by atoms with Gasteiger partial charge >= 0.3 is 11.9 Å². The summed E-state index contributed by atoms with van der Waals surface area (Å²) in [6.07, 6.45) is 7.55. The van der Waals surface area contributed by atoms with Gasteiger partial charge in [-0.05, 0) is 24.1 Å². The number of fused-ring (bicyclic) bond motifs is 5. The monoisotopic (exact) mass is 514 g/mol. The third-order valence-electron chi connectivity index (χ3n) is 9.05. The van der Waals surface area contributed by atoms with E-state index in [1.54, 1.807) is 26.0 Å². The molecule has 0 aromatic heterocycles. The van der Waals surface area contributed by atoms with Crippen molar-refractivity contribution < 1.29 is 44.0 Å². The second-order valence-electron chi connectivity index (χ2n) is 11.3. The minimum atomic E-state index is -1.98. The molecule has 0 saturated heterocycles. The molecular weight excluding hydrogens is 480 g/mol. The van der Waals surface area contributed by atoms with Crippen LogP contribution in [-0.4, -0.2) is 68.8 Å². The number of aliphatic hydroxyl groups is 3. The summed E-state index contributed by atoms with van der Waals surface area (Å²) in [7, 11) is 0. The number of esters is 2. The van der Waals surface area contributed by atoms with Gasteiger partial charge < -0.3 is 24.8 Å². The molecule has 3 N–H and O–H groups in total. The van der Waals surface area contributed by atoms with Gasteiger partial charge in [-0.25, -0.2) is 4.79 Å². The van der Waals surface area contributed by atoms with Crippen LogP contribution < -0.4 is 0 Å². The van der Waals surface area contributed by atoms with Gasteiger partial charge in [-0.15, -0.1) is 0 Å². The molecular formula is C28H34O9. The third-order valence-corrected chi connectivity index (χ3v) is 9.05. The highest BCUT2D eigenvalue weighted by Crippen LogP contribution is 2.77. The third kappa shape index (κ3) is 3.62. The topological polar surface area (TPSA) is 147 Å². The smallest absolute Gasteiger partial charge is 0.331 e. The number of ketones is 1. The lowest BCUT2D eigenvalue weighted by molar-refractivity contribution is -0.226. The maximum atomic E-state index is 13.1. The van der Waals surface area contributed by atoms with Crippen LogP contribution in [0.1, 0.15) is 41.0 Å². The zero-order valence-electron chi connectivity index (χ0n) is 21.6. The molecule has 8 atom stereocenters. The van der Waals surface area contributed by atoms with Crippen molar-refractivity contribution in [1.82, 2.24) is 0 Å². The molecule has 9 nitrogen and oxygen atoms in total. The maximum absolute atomic E-state index is 13.1. The molecule has 0 radical (unpaired) electrons. The van der Waals surface area contributed by atoms with Gasteiger partial charge in [0, 0.05) is 48.5 Å². The molecule has 4 aliphatic carbocycles. The Balaban J connectivity index is 1.89. The predicted octanol–water partition coefficient (Wildman–Crippen LogP) is 1.36. The van der Waals surface area contributed by atoms with Gasteiger partial charge in [0.05, 0.1) is 12.2 Å². The van der Waals surface area contributed by atoms with Gasteiger partial charge in [0.2, 0.25) is 0 Å². The average molecular weight is 515 g/mol. The molecule has 0 aromatic rings. The summed E-state index contributed by atoms with van der Waals surface area (Å²) < 4.78 is 11.8. The average Bonchev–Trinajstić information content (AvgIpc) is 3.24. The van der Waals surface area contributed by atoms with Crippen molar-refractivity contribution in [3.63, 3.8) is 0 Å². The van der Waals surface area contributed by atoms with Gasteiger partial charge in [0.15, 0.2) is 11.4 Å². The molecule has 2 saturated carbocycles. The molecule has 4 aliphatic rings. The molecule has 37 heavy (non-hydrogen) atoms. The Hall–Kier alpha value is -2.88. The largest absolute Gasteiger partial charge is 0.455 e. The van der Waals surface area contributed by atoms with Gasteiger partial charge in [-0.3, -0.25) is 14.4 Å². The fourth-order valence-electron chi connectivity index (χ4n) is 7.47. The van der Waals surface area contributed by atoms with Crippen LogP contribution in [0.3, 0.4) is 0 Å². The number of carbonyl (C=O) groups is 4. The summed E-state index contributed by atoms with van der Waals surface area (Å²) in [5, 5.41) is 34.3. The van der Waals surface area contributed by atoms with E-state index in [1.165, 1.54) is 25.2 Å². The standard InChI is InChI=1S/C28H34O9/c1-15-11-20-26(34,23(15)33)13-18(14-30)12-19-22-25(4,5)28(22,37-17(3)31)24(16(2)27(19,20)35)36-21(32)9-7-6-8-10-29/h6-12,16,19-20,22,24,30,34-35H,13-14H2,1-5H3/b8-6+,9-7+/t16-,19+,20-,22?,24-,26-,27-,28-/m1/s1. The number of hydrogen-bond donors (Lipinski definition) is 3. The number of rotatable bonds is 6. The first-order chi connectivity index (χ1) is 17.2. The first kappa shape index (κ1) is 27.2. The summed E-state index contributed by atoms with van der Waals surface area (Å²) in [6, 6.07) is 0. The van der Waals surface area contributed by atoms with Crippen molar-refractivity contribution >= 4 is 24.0 Å². The van der Waals surface area contributed by atoms with Gasteiger partial charge in [0.1, 0.15) is 18.0 Å². The number of Topliss-reactive ketones (excluding diaryl/α,β-unsaturated/α-hetero) is 1. The van der Waals surface area contributed by atoms with Gasteiger partial charge in [0.25, 0.3) is 0 Å². The van der Waals surface area contributed by atoms with Crippen LogP contribution in [0.4, 0.5) is 0 Å². The Morgan fingerprint density at radius 1 is 1.16 bits per heavy atom. The minimum Gasteiger partial charge on any atom is -0.455 e. The van der Waals surface area contributed by atoms with E-state index in [2.05, 4.69) is 0 Å². The summed E-state index contributed by atoms with van der Waals surface area (Å²) in [4.78, 5) is 48.8. The molecule has 9 heteroatoms. The zero-order chi connectivity index (χ0) is 27.6. The number of aliphatic hydroxyl groups excluding tert-OH is 1. The van der Waals surface area contributed by atoms with E-state index in [9.17, 15) is 34.5 Å². The summed E-state index contributed by atoms with van der Waals surface area (Å²) in [5.74, 6) is -5.10. The number of aldehydes is 1. The van der Waals surface area contributed by atoms with Gasteiger partial charge in [-0.1, -0.05) is 45.1 Å².